The normalized spacial score (nSPS) is 17.1. The number of para-hydroxylation sites is 1. The van der Waals surface area contributed by atoms with Gasteiger partial charge in [-0.2, -0.15) is 10.2 Å². The number of fused-ring (bicyclic) bond motifs is 1. The molecular formula is C24H33N5O3. The largest absolute Gasteiger partial charge is 0.441 e. The number of rotatable bonds is 9. The van der Waals surface area contributed by atoms with Gasteiger partial charge in [-0.25, -0.2) is 4.79 Å². The molecule has 8 nitrogen and oxygen atoms in total. The van der Waals surface area contributed by atoms with Crippen LogP contribution in [0.25, 0.3) is 11.0 Å². The molecule has 1 aliphatic rings. The van der Waals surface area contributed by atoms with E-state index in [1.807, 2.05) is 6.07 Å². The predicted octanol–water partition coefficient (Wildman–Crippen LogP) is 3.29. The van der Waals surface area contributed by atoms with Crippen molar-refractivity contribution in [3.63, 3.8) is 0 Å². The minimum absolute atomic E-state index is 0.240. The van der Waals surface area contributed by atoms with Crippen LogP contribution in [-0.4, -0.2) is 47.0 Å². The lowest BCUT2D eigenvalue weighted by molar-refractivity contribution is -0.123. The van der Waals surface area contributed by atoms with Crippen LogP contribution in [0.5, 0.6) is 0 Å². The first-order valence-electron chi connectivity index (χ1n) is 11.5. The van der Waals surface area contributed by atoms with Crippen LogP contribution in [0.1, 0.15) is 52.9 Å². The van der Waals surface area contributed by atoms with Crippen molar-refractivity contribution in [2.45, 2.75) is 64.5 Å². The van der Waals surface area contributed by atoms with Gasteiger partial charge in [0.25, 0.3) is 0 Å². The Morgan fingerprint density at radius 1 is 1.28 bits per heavy atom. The number of carbonyl (C=O) groups is 1. The van der Waals surface area contributed by atoms with E-state index in [-0.39, 0.29) is 5.91 Å². The van der Waals surface area contributed by atoms with Gasteiger partial charge in [-0.15, -0.1) is 0 Å². The first-order chi connectivity index (χ1) is 15.4. The van der Waals surface area contributed by atoms with E-state index >= 15 is 0 Å². The molecule has 1 saturated heterocycles. The molecule has 8 heteroatoms. The number of likely N-dealkylation sites (tertiary alicyclic amines) is 1. The number of hydrogen-bond acceptors (Lipinski definition) is 7. The highest BCUT2D eigenvalue weighted by atomic mass is 16.4. The number of nitriles is 1. The third-order valence-corrected chi connectivity index (χ3v) is 6.03. The van der Waals surface area contributed by atoms with Crippen LogP contribution in [0.15, 0.2) is 33.5 Å². The fourth-order valence-electron chi connectivity index (χ4n) is 4.13. The van der Waals surface area contributed by atoms with Gasteiger partial charge in [0, 0.05) is 13.1 Å². The molecule has 2 heterocycles. The Hall–Kier alpha value is -2.92. The maximum absolute atomic E-state index is 13.4. The zero-order chi connectivity index (χ0) is 23.1. The highest BCUT2D eigenvalue weighted by molar-refractivity contribution is 5.91. The van der Waals surface area contributed by atoms with Gasteiger partial charge in [-0.1, -0.05) is 32.9 Å². The van der Waals surface area contributed by atoms with Crippen LogP contribution in [0.3, 0.4) is 0 Å². The highest BCUT2D eigenvalue weighted by Crippen LogP contribution is 2.24. The van der Waals surface area contributed by atoms with Gasteiger partial charge in [0.2, 0.25) is 5.91 Å². The summed E-state index contributed by atoms with van der Waals surface area (Å²) in [6.07, 6.45) is 3.64. The molecular weight excluding hydrogens is 406 g/mol. The van der Waals surface area contributed by atoms with Crippen LogP contribution in [-0.2, 0) is 4.79 Å². The molecule has 0 saturated carbocycles. The van der Waals surface area contributed by atoms with Crippen molar-refractivity contribution in [3.05, 3.63) is 34.8 Å². The van der Waals surface area contributed by atoms with Gasteiger partial charge in [0.1, 0.15) is 23.0 Å². The van der Waals surface area contributed by atoms with Crippen molar-refractivity contribution in [2.24, 2.45) is 5.92 Å². The summed E-state index contributed by atoms with van der Waals surface area (Å²) >= 11 is 0. The number of benzene rings is 1. The summed E-state index contributed by atoms with van der Waals surface area (Å²) in [5.41, 5.74) is -0.459. The molecule has 0 bridgehead atoms. The molecule has 1 aromatic heterocycles. The van der Waals surface area contributed by atoms with Gasteiger partial charge in [0.05, 0.1) is 11.5 Å². The molecule has 3 rings (SSSR count). The van der Waals surface area contributed by atoms with Gasteiger partial charge < -0.3 is 20.0 Å². The van der Waals surface area contributed by atoms with E-state index < -0.39 is 17.3 Å². The quantitative estimate of drug-likeness (QED) is 0.617. The fraction of sp³-hybridized carbons (Fsp3) is 0.583. The standard InChI is InChI=1S/C24H33N5O3/c1-4-13-29-14-11-24(16-25,12-15-29)28-22(30)19(10-9-17(2)3)26-21-18-7-5-6-8-20(18)32-23(31)27-21/h5-8,17,19H,4,9-15H2,1-3H3,(H,28,30)(H,26,27,31)/t19-/m0/s1. The average molecular weight is 440 g/mol. The van der Waals surface area contributed by atoms with Crippen molar-refractivity contribution >= 4 is 22.7 Å². The zero-order valence-electron chi connectivity index (χ0n) is 19.2. The van der Waals surface area contributed by atoms with Crippen LogP contribution in [0.2, 0.25) is 0 Å². The summed E-state index contributed by atoms with van der Waals surface area (Å²) in [7, 11) is 0. The Morgan fingerprint density at radius 3 is 2.66 bits per heavy atom. The second kappa shape index (κ2) is 10.6. The van der Waals surface area contributed by atoms with Crippen molar-refractivity contribution in [3.8, 4) is 6.07 Å². The Labute approximate surface area is 189 Å². The Balaban J connectivity index is 1.81. The molecule has 1 aromatic carbocycles. The number of anilines is 1. The molecule has 0 spiro atoms. The van der Waals surface area contributed by atoms with E-state index in [9.17, 15) is 14.9 Å². The highest BCUT2D eigenvalue weighted by Gasteiger charge is 2.37. The summed E-state index contributed by atoms with van der Waals surface area (Å²) in [6, 6.07) is 8.85. The minimum Gasteiger partial charge on any atom is -0.408 e. The Kier molecular flexibility index (Phi) is 7.86. The Bertz CT molecular complexity index is 1020. The lowest BCUT2D eigenvalue weighted by Gasteiger charge is -2.38. The molecule has 32 heavy (non-hydrogen) atoms. The fourth-order valence-corrected chi connectivity index (χ4v) is 4.13. The second-order valence-electron chi connectivity index (χ2n) is 9.02. The van der Waals surface area contributed by atoms with E-state index in [0.717, 1.165) is 32.5 Å². The summed E-state index contributed by atoms with van der Waals surface area (Å²) in [5, 5.41) is 16.7. The third kappa shape index (κ3) is 5.86. The van der Waals surface area contributed by atoms with E-state index in [2.05, 4.69) is 47.4 Å². The molecule has 2 aromatic rings. The summed E-state index contributed by atoms with van der Waals surface area (Å²) in [4.78, 5) is 31.6. The lowest BCUT2D eigenvalue weighted by atomic mass is 9.88. The molecule has 0 aliphatic carbocycles. The molecule has 1 aliphatic heterocycles. The molecule has 1 amide bonds. The summed E-state index contributed by atoms with van der Waals surface area (Å²) in [5.74, 6) is -0.231. The first kappa shape index (κ1) is 23.7. The monoisotopic (exact) mass is 439 g/mol. The maximum Gasteiger partial charge on any atom is 0.441 e. The van der Waals surface area contributed by atoms with Crippen LogP contribution in [0.4, 0.5) is 5.82 Å². The van der Waals surface area contributed by atoms with Crippen LogP contribution >= 0.6 is 0 Å². The van der Waals surface area contributed by atoms with Gasteiger partial charge in [-0.3, -0.25) is 4.79 Å². The predicted molar refractivity (Wildman–Crippen MR) is 124 cm³/mol. The topological polar surface area (TPSA) is 111 Å². The number of carbonyl (C=O) groups excluding carboxylic acids is 1. The first-order valence-corrected chi connectivity index (χ1v) is 11.5. The zero-order valence-corrected chi connectivity index (χ0v) is 19.2. The number of nitrogens with one attached hydrogen (secondary N) is 2. The molecule has 172 valence electrons. The van der Waals surface area contributed by atoms with Crippen LogP contribution < -0.4 is 16.4 Å². The van der Waals surface area contributed by atoms with Crippen molar-refractivity contribution in [1.82, 2.24) is 15.2 Å². The number of hydrogen-bond donors (Lipinski definition) is 2. The molecule has 0 unspecified atom stereocenters. The number of piperidine rings is 1. The average Bonchev–Trinajstić information content (AvgIpc) is 2.77. The minimum atomic E-state index is -0.871. The summed E-state index contributed by atoms with van der Waals surface area (Å²) in [6.45, 7) is 8.92. The van der Waals surface area contributed by atoms with E-state index in [1.54, 1.807) is 18.2 Å². The molecule has 0 radical (unpaired) electrons. The van der Waals surface area contributed by atoms with E-state index in [4.69, 9.17) is 4.42 Å². The third-order valence-electron chi connectivity index (χ3n) is 6.03. The Morgan fingerprint density at radius 2 is 2.00 bits per heavy atom. The smallest absolute Gasteiger partial charge is 0.408 e. The summed E-state index contributed by atoms with van der Waals surface area (Å²) < 4.78 is 5.17. The SMILES string of the molecule is CCCN1CCC(C#N)(NC(=O)[C@H](CCC(C)C)Nc2nc(=O)oc3ccccc23)CC1. The number of nitrogens with zero attached hydrogens (tertiary/aromatic N) is 3. The molecule has 1 atom stereocenters. The van der Waals surface area contributed by atoms with E-state index in [0.29, 0.717) is 42.0 Å². The van der Waals surface area contributed by atoms with Gasteiger partial charge >= 0.3 is 5.76 Å². The van der Waals surface area contributed by atoms with Crippen molar-refractivity contribution < 1.29 is 9.21 Å². The molecule has 1 fully saturated rings. The van der Waals surface area contributed by atoms with Crippen molar-refractivity contribution in [2.75, 3.05) is 25.0 Å². The lowest BCUT2D eigenvalue weighted by Crippen LogP contribution is -2.57. The second-order valence-corrected chi connectivity index (χ2v) is 9.02. The maximum atomic E-state index is 13.4. The van der Waals surface area contributed by atoms with Gasteiger partial charge in [-0.05, 0) is 56.7 Å². The van der Waals surface area contributed by atoms with Crippen LogP contribution in [0, 0.1) is 17.2 Å². The molecule has 2 N–H and O–H groups in total. The van der Waals surface area contributed by atoms with E-state index in [1.165, 1.54) is 0 Å². The van der Waals surface area contributed by atoms with Crippen molar-refractivity contribution in [1.29, 1.82) is 5.26 Å². The number of aromatic nitrogens is 1. The van der Waals surface area contributed by atoms with Gasteiger partial charge in [0.15, 0.2) is 0 Å². The number of amides is 1.